The Bertz CT molecular complexity index is 549. The average Bonchev–Trinajstić information content (AvgIpc) is 2.85. The highest BCUT2D eigenvalue weighted by Gasteiger charge is 2.16. The molecule has 0 saturated carbocycles. The van der Waals surface area contributed by atoms with Crippen LogP contribution >= 0.6 is 0 Å². The summed E-state index contributed by atoms with van der Waals surface area (Å²) in [6, 6.07) is 3.81. The van der Waals surface area contributed by atoms with Gasteiger partial charge in [-0.15, -0.1) is 0 Å². The second-order valence-corrected chi connectivity index (χ2v) is 4.00. The largest absolute Gasteiger partial charge is 0.497 e. The maximum Gasteiger partial charge on any atom is 0.132 e. The monoisotopic (exact) mass is 247 g/mol. The third-order valence-electron chi connectivity index (χ3n) is 2.92. The average molecular weight is 247 g/mol. The van der Waals surface area contributed by atoms with Gasteiger partial charge in [0.05, 0.1) is 26.1 Å². The number of benzene rings is 1. The van der Waals surface area contributed by atoms with Gasteiger partial charge in [0.25, 0.3) is 0 Å². The molecular weight excluding hydrogens is 230 g/mol. The number of aromatic nitrogens is 2. The van der Waals surface area contributed by atoms with Crippen LogP contribution in [0.3, 0.4) is 0 Å². The zero-order chi connectivity index (χ0) is 13.1. The molecule has 0 amide bonds. The Morgan fingerprint density at radius 3 is 2.67 bits per heavy atom. The minimum atomic E-state index is 0.431. The van der Waals surface area contributed by atoms with Crippen LogP contribution < -0.4 is 15.2 Å². The molecule has 0 aliphatic heterocycles. The molecule has 1 aromatic carbocycles. The lowest BCUT2D eigenvalue weighted by Crippen LogP contribution is -1.99. The molecule has 0 atom stereocenters. The van der Waals surface area contributed by atoms with E-state index in [0.717, 1.165) is 33.9 Å². The summed E-state index contributed by atoms with van der Waals surface area (Å²) in [5, 5.41) is 7.01. The Hall–Kier alpha value is -2.01. The van der Waals surface area contributed by atoms with Crippen molar-refractivity contribution in [3.63, 3.8) is 0 Å². The molecule has 0 saturated heterocycles. The number of hydrogen-bond acceptors (Lipinski definition) is 4. The second-order valence-electron chi connectivity index (χ2n) is 4.00. The molecule has 0 unspecified atom stereocenters. The van der Waals surface area contributed by atoms with E-state index in [9.17, 15) is 0 Å². The first kappa shape index (κ1) is 12.4. The van der Waals surface area contributed by atoms with Gasteiger partial charge in [0.1, 0.15) is 11.5 Å². The number of nitrogens with two attached hydrogens (primary N) is 1. The molecule has 96 valence electrons. The van der Waals surface area contributed by atoms with E-state index >= 15 is 0 Å². The fraction of sp³-hybridized carbons (Fsp3) is 0.308. The predicted molar refractivity (Wildman–Crippen MR) is 69.8 cm³/mol. The van der Waals surface area contributed by atoms with Crippen LogP contribution in [0.5, 0.6) is 11.5 Å². The van der Waals surface area contributed by atoms with Gasteiger partial charge in [-0.25, -0.2) is 0 Å². The summed E-state index contributed by atoms with van der Waals surface area (Å²) in [5.41, 5.74) is 9.58. The van der Waals surface area contributed by atoms with Gasteiger partial charge in [-0.05, 0) is 18.6 Å². The van der Waals surface area contributed by atoms with Crippen molar-refractivity contribution in [3.05, 3.63) is 29.5 Å². The van der Waals surface area contributed by atoms with Crippen LogP contribution in [0.4, 0.5) is 0 Å². The van der Waals surface area contributed by atoms with E-state index in [-0.39, 0.29) is 0 Å². The second kappa shape index (κ2) is 5.10. The van der Waals surface area contributed by atoms with Gasteiger partial charge in [-0.2, -0.15) is 5.10 Å². The summed E-state index contributed by atoms with van der Waals surface area (Å²) in [6.07, 6.45) is 1.73. The van der Waals surface area contributed by atoms with Gasteiger partial charge >= 0.3 is 0 Å². The maximum absolute atomic E-state index is 5.70. The van der Waals surface area contributed by atoms with Gasteiger partial charge in [0.15, 0.2) is 0 Å². The minimum Gasteiger partial charge on any atom is -0.497 e. The van der Waals surface area contributed by atoms with E-state index in [1.807, 2.05) is 19.1 Å². The standard InChI is InChI=1S/C13H17N3O2/c1-8-4-10(17-2)5-11(18-3)12(8)13-9(6-14)7-15-16-13/h4-5,7H,6,14H2,1-3H3,(H,15,16). The van der Waals surface area contributed by atoms with Crippen molar-refractivity contribution in [2.24, 2.45) is 5.73 Å². The van der Waals surface area contributed by atoms with Crippen molar-refractivity contribution in [1.29, 1.82) is 0 Å². The lowest BCUT2D eigenvalue weighted by atomic mass is 10.0. The molecule has 0 radical (unpaired) electrons. The summed E-state index contributed by atoms with van der Waals surface area (Å²) in [7, 11) is 3.27. The van der Waals surface area contributed by atoms with Crippen LogP contribution in [-0.2, 0) is 6.54 Å². The smallest absolute Gasteiger partial charge is 0.132 e. The fourth-order valence-electron chi connectivity index (χ4n) is 2.00. The van der Waals surface area contributed by atoms with Gasteiger partial charge in [0, 0.05) is 23.7 Å². The van der Waals surface area contributed by atoms with E-state index in [4.69, 9.17) is 15.2 Å². The Labute approximate surface area is 106 Å². The lowest BCUT2D eigenvalue weighted by Gasteiger charge is -2.13. The molecule has 1 heterocycles. The number of nitrogens with zero attached hydrogens (tertiary/aromatic N) is 1. The number of methoxy groups -OCH3 is 2. The molecule has 2 rings (SSSR count). The number of nitrogens with one attached hydrogen (secondary N) is 1. The fourth-order valence-corrected chi connectivity index (χ4v) is 2.00. The SMILES string of the molecule is COc1cc(C)c(-c2[nH]ncc2CN)c(OC)c1. The molecule has 0 fully saturated rings. The highest BCUT2D eigenvalue weighted by Crippen LogP contribution is 2.37. The molecule has 18 heavy (non-hydrogen) atoms. The van der Waals surface area contributed by atoms with Crippen molar-refractivity contribution in [2.75, 3.05) is 14.2 Å². The first-order valence-corrected chi connectivity index (χ1v) is 5.66. The first-order valence-electron chi connectivity index (χ1n) is 5.66. The molecule has 0 spiro atoms. The number of H-pyrrole nitrogens is 1. The minimum absolute atomic E-state index is 0.431. The summed E-state index contributed by atoms with van der Waals surface area (Å²) in [6.45, 7) is 2.43. The van der Waals surface area contributed by atoms with Crippen LogP contribution in [0.2, 0.25) is 0 Å². The van der Waals surface area contributed by atoms with Gasteiger partial charge < -0.3 is 15.2 Å². The van der Waals surface area contributed by atoms with Gasteiger partial charge in [-0.1, -0.05) is 0 Å². The van der Waals surface area contributed by atoms with E-state index in [2.05, 4.69) is 10.2 Å². The zero-order valence-electron chi connectivity index (χ0n) is 10.8. The molecule has 0 aliphatic carbocycles. The Morgan fingerprint density at radius 1 is 1.28 bits per heavy atom. The number of aromatic amines is 1. The lowest BCUT2D eigenvalue weighted by molar-refractivity contribution is 0.395. The van der Waals surface area contributed by atoms with Crippen molar-refractivity contribution >= 4 is 0 Å². The number of rotatable bonds is 4. The van der Waals surface area contributed by atoms with Crippen molar-refractivity contribution < 1.29 is 9.47 Å². The van der Waals surface area contributed by atoms with Crippen LogP contribution in [0, 0.1) is 6.92 Å². The Morgan fingerprint density at radius 2 is 2.06 bits per heavy atom. The summed E-state index contributed by atoms with van der Waals surface area (Å²) in [4.78, 5) is 0. The van der Waals surface area contributed by atoms with E-state index in [1.165, 1.54) is 0 Å². The molecule has 2 aromatic rings. The van der Waals surface area contributed by atoms with Crippen LogP contribution in [-0.4, -0.2) is 24.4 Å². The zero-order valence-corrected chi connectivity index (χ0v) is 10.8. The van der Waals surface area contributed by atoms with E-state index in [0.29, 0.717) is 6.54 Å². The third-order valence-corrected chi connectivity index (χ3v) is 2.92. The highest BCUT2D eigenvalue weighted by atomic mass is 16.5. The van der Waals surface area contributed by atoms with Gasteiger partial charge in [-0.3, -0.25) is 5.10 Å². The van der Waals surface area contributed by atoms with Crippen molar-refractivity contribution in [3.8, 4) is 22.8 Å². The van der Waals surface area contributed by atoms with Crippen LogP contribution in [0.1, 0.15) is 11.1 Å². The summed E-state index contributed by atoms with van der Waals surface area (Å²) < 4.78 is 10.7. The summed E-state index contributed by atoms with van der Waals surface area (Å²) in [5.74, 6) is 1.51. The molecule has 3 N–H and O–H groups in total. The molecule has 5 nitrogen and oxygen atoms in total. The van der Waals surface area contributed by atoms with Crippen molar-refractivity contribution in [2.45, 2.75) is 13.5 Å². The van der Waals surface area contributed by atoms with Gasteiger partial charge in [0.2, 0.25) is 0 Å². The van der Waals surface area contributed by atoms with E-state index < -0.39 is 0 Å². The quantitative estimate of drug-likeness (QED) is 0.865. The molecule has 0 aliphatic rings. The number of aryl methyl sites for hydroxylation is 1. The predicted octanol–water partition coefficient (Wildman–Crippen LogP) is 1.86. The van der Waals surface area contributed by atoms with E-state index in [1.54, 1.807) is 20.4 Å². The Balaban J connectivity index is 2.63. The molecule has 5 heteroatoms. The molecule has 1 aromatic heterocycles. The maximum atomic E-state index is 5.70. The van der Waals surface area contributed by atoms with Crippen LogP contribution in [0.15, 0.2) is 18.3 Å². The molecular formula is C13H17N3O2. The first-order chi connectivity index (χ1) is 8.71. The highest BCUT2D eigenvalue weighted by molar-refractivity contribution is 5.74. The number of hydrogen-bond donors (Lipinski definition) is 2. The Kier molecular flexibility index (Phi) is 3.53. The summed E-state index contributed by atoms with van der Waals surface area (Å²) >= 11 is 0. The normalized spacial score (nSPS) is 10.4. The van der Waals surface area contributed by atoms with Crippen molar-refractivity contribution in [1.82, 2.24) is 10.2 Å². The topological polar surface area (TPSA) is 73.2 Å². The van der Waals surface area contributed by atoms with Crippen LogP contribution in [0.25, 0.3) is 11.3 Å². The third kappa shape index (κ3) is 2.04. The number of ether oxygens (including phenoxy) is 2. The molecule has 0 bridgehead atoms.